The summed E-state index contributed by atoms with van der Waals surface area (Å²) in [6, 6.07) is 0. The summed E-state index contributed by atoms with van der Waals surface area (Å²) in [5.74, 6) is 0.836. The fraction of sp³-hybridized carbons (Fsp3) is 0.943. The zero-order chi connectivity index (χ0) is 25.0. The van der Waals surface area contributed by atoms with Gasteiger partial charge < -0.3 is 4.74 Å². The van der Waals surface area contributed by atoms with Crippen molar-refractivity contribution < 1.29 is 4.74 Å². The highest BCUT2D eigenvalue weighted by Gasteiger charge is 2.58. The highest BCUT2D eigenvalue weighted by Crippen LogP contribution is 2.53. The minimum absolute atomic E-state index is 0.275. The predicted octanol–water partition coefficient (Wildman–Crippen LogP) is 12.0. The van der Waals surface area contributed by atoms with Gasteiger partial charge in [0.15, 0.2) is 0 Å². The maximum Gasteiger partial charge on any atom is 0.0976 e. The van der Waals surface area contributed by atoms with E-state index < -0.39 is 0 Å². The van der Waals surface area contributed by atoms with Gasteiger partial charge in [-0.3, -0.25) is 0 Å². The van der Waals surface area contributed by atoms with E-state index in [2.05, 4.69) is 12.2 Å². The van der Waals surface area contributed by atoms with Crippen molar-refractivity contribution in [2.75, 3.05) is 0 Å². The summed E-state index contributed by atoms with van der Waals surface area (Å²) in [6.07, 6.45) is 48.5. The average molecular weight is 501 g/mol. The van der Waals surface area contributed by atoms with Crippen molar-refractivity contribution >= 4 is 0 Å². The van der Waals surface area contributed by atoms with Gasteiger partial charge in [0.1, 0.15) is 0 Å². The van der Waals surface area contributed by atoms with Gasteiger partial charge in [-0.15, -0.1) is 0 Å². The normalized spacial score (nSPS) is 32.9. The van der Waals surface area contributed by atoms with E-state index in [1.807, 2.05) is 0 Å². The third kappa shape index (κ3) is 12.5. The van der Waals surface area contributed by atoms with Crippen LogP contribution in [0.25, 0.3) is 0 Å². The van der Waals surface area contributed by atoms with Gasteiger partial charge in [0.25, 0.3) is 0 Å². The van der Waals surface area contributed by atoms with Crippen LogP contribution < -0.4 is 0 Å². The quantitative estimate of drug-likeness (QED) is 0.257. The Balaban J connectivity index is 1.53. The molecule has 1 heteroatoms. The molecular formula is C35H64O. The summed E-state index contributed by atoms with van der Waals surface area (Å²) in [7, 11) is 0. The monoisotopic (exact) mass is 500 g/mol. The maximum absolute atomic E-state index is 6.82. The first kappa shape index (κ1) is 30.2. The fourth-order valence-corrected chi connectivity index (χ4v) is 7.40. The lowest BCUT2D eigenvalue weighted by Crippen LogP contribution is -2.28. The SMILES string of the molecule is C1=CCCCCCCC(C23CCCCCCCCCCCCCCCC2O3)CCCCCCCCC1. The molecule has 1 saturated carbocycles. The minimum Gasteiger partial charge on any atom is -0.366 e. The highest BCUT2D eigenvalue weighted by molar-refractivity contribution is 5.06. The first-order valence-electron chi connectivity index (χ1n) is 17.2. The Labute approximate surface area is 227 Å². The third-order valence-corrected chi connectivity index (χ3v) is 9.84. The molecule has 210 valence electrons. The van der Waals surface area contributed by atoms with Crippen molar-refractivity contribution in [3.63, 3.8) is 0 Å². The summed E-state index contributed by atoms with van der Waals surface area (Å²) in [5.41, 5.74) is 0.275. The summed E-state index contributed by atoms with van der Waals surface area (Å²) < 4.78 is 6.82. The largest absolute Gasteiger partial charge is 0.366 e. The van der Waals surface area contributed by atoms with Crippen LogP contribution in [0.15, 0.2) is 12.2 Å². The molecule has 1 aliphatic heterocycles. The number of rotatable bonds is 1. The Morgan fingerprint density at radius 2 is 0.750 bits per heavy atom. The molecule has 0 aromatic heterocycles. The van der Waals surface area contributed by atoms with E-state index in [1.165, 1.54) is 193 Å². The van der Waals surface area contributed by atoms with E-state index in [-0.39, 0.29) is 5.60 Å². The Bertz CT molecular complexity index is 539. The van der Waals surface area contributed by atoms with Crippen LogP contribution in [0.4, 0.5) is 0 Å². The van der Waals surface area contributed by atoms with Crippen LogP contribution in [-0.2, 0) is 4.74 Å². The van der Waals surface area contributed by atoms with Crippen LogP contribution in [0.2, 0.25) is 0 Å². The van der Waals surface area contributed by atoms with Gasteiger partial charge in [-0.25, -0.2) is 0 Å². The standard InChI is InChI=1S/C35H64O/c1-2-5-9-13-17-21-25-29-33(30-26-22-18-14-10-6-3-1)35-32-28-24-20-16-12-8-4-7-11-15-19-23-27-31-34(35)36-35/h2,5,33-34H,1,3-4,6-32H2. The van der Waals surface area contributed by atoms with Gasteiger partial charge in [-0.05, 0) is 57.3 Å². The van der Waals surface area contributed by atoms with Crippen LogP contribution in [0.3, 0.4) is 0 Å². The van der Waals surface area contributed by atoms with Gasteiger partial charge in [0.05, 0.1) is 11.7 Å². The number of allylic oxidation sites excluding steroid dienone is 2. The molecule has 2 aliphatic carbocycles. The second-order valence-corrected chi connectivity index (χ2v) is 12.9. The Morgan fingerprint density at radius 1 is 0.389 bits per heavy atom. The molecule has 3 rings (SSSR count). The zero-order valence-electron chi connectivity index (χ0n) is 24.4. The van der Waals surface area contributed by atoms with Crippen molar-refractivity contribution in [2.45, 2.75) is 204 Å². The smallest absolute Gasteiger partial charge is 0.0976 e. The number of fused-ring (bicyclic) bond motifs is 1. The lowest BCUT2D eigenvalue weighted by Gasteiger charge is -2.26. The minimum atomic E-state index is 0.275. The Kier molecular flexibility index (Phi) is 16.6. The molecule has 0 bridgehead atoms. The van der Waals surface area contributed by atoms with Gasteiger partial charge in [-0.1, -0.05) is 153 Å². The van der Waals surface area contributed by atoms with E-state index >= 15 is 0 Å². The first-order valence-corrected chi connectivity index (χ1v) is 17.2. The molecule has 0 aromatic rings. The van der Waals surface area contributed by atoms with Crippen molar-refractivity contribution in [2.24, 2.45) is 5.92 Å². The average Bonchev–Trinajstić information content (AvgIpc) is 3.59. The van der Waals surface area contributed by atoms with Gasteiger partial charge >= 0.3 is 0 Å². The van der Waals surface area contributed by atoms with Gasteiger partial charge in [-0.2, -0.15) is 0 Å². The van der Waals surface area contributed by atoms with E-state index in [0.717, 1.165) is 5.92 Å². The molecule has 0 aromatic carbocycles. The summed E-state index contributed by atoms with van der Waals surface area (Å²) >= 11 is 0. The summed E-state index contributed by atoms with van der Waals surface area (Å²) in [6.45, 7) is 0. The molecule has 1 nitrogen and oxygen atoms in total. The molecule has 0 amide bonds. The van der Waals surface area contributed by atoms with Crippen LogP contribution in [0.5, 0.6) is 0 Å². The predicted molar refractivity (Wildman–Crippen MR) is 159 cm³/mol. The van der Waals surface area contributed by atoms with Gasteiger partial charge in [0.2, 0.25) is 0 Å². The topological polar surface area (TPSA) is 12.5 Å². The van der Waals surface area contributed by atoms with Crippen LogP contribution in [-0.4, -0.2) is 11.7 Å². The molecule has 3 atom stereocenters. The van der Waals surface area contributed by atoms with Crippen molar-refractivity contribution in [3.8, 4) is 0 Å². The van der Waals surface area contributed by atoms with E-state index in [4.69, 9.17) is 4.74 Å². The third-order valence-electron chi connectivity index (χ3n) is 9.84. The van der Waals surface area contributed by atoms with E-state index in [1.54, 1.807) is 0 Å². The van der Waals surface area contributed by atoms with E-state index in [9.17, 15) is 0 Å². The second kappa shape index (κ2) is 19.7. The molecule has 0 radical (unpaired) electrons. The molecule has 0 N–H and O–H groups in total. The maximum atomic E-state index is 6.82. The summed E-state index contributed by atoms with van der Waals surface area (Å²) in [5, 5.41) is 0. The second-order valence-electron chi connectivity index (χ2n) is 12.9. The lowest BCUT2D eigenvalue weighted by molar-refractivity contribution is 0.173. The fourth-order valence-electron chi connectivity index (χ4n) is 7.40. The number of epoxide rings is 1. The van der Waals surface area contributed by atoms with Crippen molar-refractivity contribution in [1.82, 2.24) is 0 Å². The molecule has 1 heterocycles. The summed E-state index contributed by atoms with van der Waals surface area (Å²) in [4.78, 5) is 0. The molecule has 36 heavy (non-hydrogen) atoms. The molecule has 3 unspecified atom stereocenters. The highest BCUT2D eigenvalue weighted by atomic mass is 16.6. The molecule has 3 aliphatic rings. The van der Waals surface area contributed by atoms with Crippen molar-refractivity contribution in [1.29, 1.82) is 0 Å². The molecule has 2 fully saturated rings. The number of hydrogen-bond donors (Lipinski definition) is 0. The zero-order valence-corrected chi connectivity index (χ0v) is 24.4. The van der Waals surface area contributed by atoms with Crippen LogP contribution >= 0.6 is 0 Å². The molecule has 1 saturated heterocycles. The molecule has 0 spiro atoms. The van der Waals surface area contributed by atoms with E-state index in [0.29, 0.717) is 6.10 Å². The van der Waals surface area contributed by atoms with Crippen LogP contribution in [0.1, 0.15) is 193 Å². The number of hydrogen-bond acceptors (Lipinski definition) is 1. The Hall–Kier alpha value is -0.300. The Morgan fingerprint density at radius 3 is 1.22 bits per heavy atom. The lowest BCUT2D eigenvalue weighted by atomic mass is 9.77. The number of ether oxygens (including phenoxy) is 1. The van der Waals surface area contributed by atoms with Crippen LogP contribution in [0, 0.1) is 5.92 Å². The van der Waals surface area contributed by atoms with Gasteiger partial charge in [0, 0.05) is 0 Å². The van der Waals surface area contributed by atoms with Crippen molar-refractivity contribution in [3.05, 3.63) is 12.2 Å². The molecular weight excluding hydrogens is 436 g/mol. The first-order chi connectivity index (χ1) is 17.9.